The van der Waals surface area contributed by atoms with Crippen molar-refractivity contribution < 1.29 is 0 Å². The van der Waals surface area contributed by atoms with Crippen molar-refractivity contribution in [3.05, 3.63) is 243 Å². The molecule has 2 heterocycles. The Morgan fingerprint density at radius 3 is 0.897 bits per heavy atom. The van der Waals surface area contributed by atoms with Crippen molar-refractivity contribution in [1.29, 1.82) is 0 Å². The van der Waals surface area contributed by atoms with Crippen molar-refractivity contribution in [3.63, 3.8) is 0 Å². The summed E-state index contributed by atoms with van der Waals surface area (Å²) in [6.07, 6.45) is 0. The molecule has 12 aromatic rings. The van der Waals surface area contributed by atoms with Gasteiger partial charge >= 0.3 is 0 Å². The molecular weight excluding hydrogens is 829 g/mol. The Hall–Kier alpha value is -9.26. The second-order valence-electron chi connectivity index (χ2n) is 16.7. The third-order valence-corrected chi connectivity index (χ3v) is 12.4. The lowest BCUT2D eigenvalue weighted by Crippen LogP contribution is -2.01. The van der Waals surface area contributed by atoms with Gasteiger partial charge in [-0.3, -0.25) is 0 Å². The Balaban J connectivity index is 0.951. The van der Waals surface area contributed by atoms with E-state index in [9.17, 15) is 0 Å². The van der Waals surface area contributed by atoms with E-state index in [0.29, 0.717) is 34.9 Å². The zero-order chi connectivity index (χ0) is 45.2. The summed E-state index contributed by atoms with van der Waals surface area (Å²) in [6.45, 7) is 0. The third kappa shape index (κ3) is 7.76. The van der Waals surface area contributed by atoms with Gasteiger partial charge in [-0.05, 0) is 67.1 Å². The number of nitrogens with zero attached hydrogens (tertiary/aromatic N) is 6. The van der Waals surface area contributed by atoms with Gasteiger partial charge in [0.15, 0.2) is 34.9 Å². The summed E-state index contributed by atoms with van der Waals surface area (Å²) < 4.78 is 0. The number of aromatic nitrogens is 6. The molecule has 0 aliphatic carbocycles. The fourth-order valence-corrected chi connectivity index (χ4v) is 9.12. The monoisotopic (exact) mass is 868 g/mol. The number of benzene rings is 10. The number of hydrogen-bond donors (Lipinski definition) is 0. The van der Waals surface area contributed by atoms with Crippen molar-refractivity contribution >= 4 is 21.5 Å². The second-order valence-corrected chi connectivity index (χ2v) is 16.7. The SMILES string of the molecule is c1ccc(-c2nc(-c3cccc(-c4ccccc4-c4ccccc4-c4cccc(-c5nc(-c6ccccc6)nc(-c6cccc7ccccc67)n5)c4)c3)nc(-c3cccc4ccccc34)n2)cc1. The average Bonchev–Trinajstić information content (AvgIpc) is 3.43. The number of rotatable bonds is 9. The molecule has 0 saturated carbocycles. The molecule has 0 aliphatic rings. The van der Waals surface area contributed by atoms with Crippen LogP contribution in [-0.2, 0) is 0 Å². The maximum absolute atomic E-state index is 5.17. The van der Waals surface area contributed by atoms with E-state index in [1.54, 1.807) is 0 Å². The highest BCUT2D eigenvalue weighted by atomic mass is 15.0. The van der Waals surface area contributed by atoms with Gasteiger partial charge in [-0.25, -0.2) is 29.9 Å². The summed E-state index contributed by atoms with van der Waals surface area (Å²) in [5.41, 5.74) is 12.1. The molecule has 0 N–H and O–H groups in total. The number of hydrogen-bond acceptors (Lipinski definition) is 6. The minimum Gasteiger partial charge on any atom is -0.208 e. The molecule has 0 bridgehead atoms. The van der Waals surface area contributed by atoms with Crippen molar-refractivity contribution in [2.45, 2.75) is 0 Å². The van der Waals surface area contributed by atoms with E-state index >= 15 is 0 Å². The molecule has 6 heteroatoms. The van der Waals surface area contributed by atoms with E-state index in [2.05, 4.69) is 182 Å². The van der Waals surface area contributed by atoms with Crippen molar-refractivity contribution in [1.82, 2.24) is 29.9 Å². The first-order valence-electron chi connectivity index (χ1n) is 22.7. The average molecular weight is 869 g/mol. The zero-order valence-electron chi connectivity index (χ0n) is 36.8. The standard InChI is InChI=1S/C62H40N6/c1-3-21-43(22-4-1)57-63-59(67-61(65-57)55-37-17-25-41-19-7-9-31-49(41)55)47-29-15-27-45(39-47)51-33-11-13-35-53(51)54-36-14-12-34-52(54)46-28-16-30-48(40-46)60-64-58(44-23-5-2-6-24-44)66-62(68-60)56-38-18-26-42-20-8-10-32-50(42)56/h1-40H. The maximum Gasteiger partial charge on any atom is 0.164 e. The van der Waals surface area contributed by atoms with E-state index in [0.717, 1.165) is 88.3 Å². The van der Waals surface area contributed by atoms with Crippen LogP contribution in [0, 0.1) is 0 Å². The van der Waals surface area contributed by atoms with Gasteiger partial charge in [-0.2, -0.15) is 0 Å². The summed E-state index contributed by atoms with van der Waals surface area (Å²) in [5.74, 6) is 3.72. The summed E-state index contributed by atoms with van der Waals surface area (Å²) in [7, 11) is 0. The van der Waals surface area contributed by atoms with Crippen molar-refractivity contribution in [3.8, 4) is 102 Å². The van der Waals surface area contributed by atoms with Crippen LogP contribution in [0.25, 0.3) is 123 Å². The molecule has 0 amide bonds. The molecule has 0 atom stereocenters. The van der Waals surface area contributed by atoms with E-state index < -0.39 is 0 Å². The lowest BCUT2D eigenvalue weighted by molar-refractivity contribution is 1.08. The lowest BCUT2D eigenvalue weighted by atomic mass is 9.88. The van der Waals surface area contributed by atoms with E-state index in [1.165, 1.54) is 0 Å². The molecule has 0 fully saturated rings. The minimum absolute atomic E-state index is 0.607. The smallest absolute Gasteiger partial charge is 0.164 e. The van der Waals surface area contributed by atoms with Crippen molar-refractivity contribution in [2.75, 3.05) is 0 Å². The normalized spacial score (nSPS) is 11.2. The fourth-order valence-electron chi connectivity index (χ4n) is 9.12. The van der Waals surface area contributed by atoms with Gasteiger partial charge < -0.3 is 0 Å². The highest BCUT2D eigenvalue weighted by Crippen LogP contribution is 2.40. The van der Waals surface area contributed by atoms with E-state index in [1.807, 2.05) is 60.7 Å². The van der Waals surface area contributed by atoms with Crippen LogP contribution in [0.3, 0.4) is 0 Å². The predicted octanol–water partition coefficient (Wildman–Crippen LogP) is 15.4. The molecule has 0 unspecified atom stereocenters. The first-order chi connectivity index (χ1) is 33.7. The largest absolute Gasteiger partial charge is 0.208 e. The second kappa shape index (κ2) is 17.6. The van der Waals surface area contributed by atoms with Gasteiger partial charge in [0.25, 0.3) is 0 Å². The summed E-state index contributed by atoms with van der Waals surface area (Å²) >= 11 is 0. The van der Waals surface area contributed by atoms with Gasteiger partial charge in [0.2, 0.25) is 0 Å². The zero-order valence-corrected chi connectivity index (χ0v) is 36.8. The molecule has 12 rings (SSSR count). The molecule has 10 aromatic carbocycles. The number of fused-ring (bicyclic) bond motifs is 2. The summed E-state index contributed by atoms with van der Waals surface area (Å²) in [6, 6.07) is 83.7. The molecule has 0 spiro atoms. The van der Waals surface area contributed by atoms with Crippen LogP contribution in [-0.4, -0.2) is 29.9 Å². The Morgan fingerprint density at radius 1 is 0.176 bits per heavy atom. The fraction of sp³-hybridized carbons (Fsp3) is 0. The van der Waals surface area contributed by atoms with Crippen LogP contribution >= 0.6 is 0 Å². The van der Waals surface area contributed by atoms with Crippen LogP contribution in [0.1, 0.15) is 0 Å². The van der Waals surface area contributed by atoms with Crippen LogP contribution < -0.4 is 0 Å². The van der Waals surface area contributed by atoms with Gasteiger partial charge in [-0.15, -0.1) is 0 Å². The predicted molar refractivity (Wildman–Crippen MR) is 277 cm³/mol. The van der Waals surface area contributed by atoms with Crippen LogP contribution in [0.5, 0.6) is 0 Å². The molecule has 0 saturated heterocycles. The quantitative estimate of drug-likeness (QED) is 0.144. The molecular formula is C62H40N6. The van der Waals surface area contributed by atoms with Gasteiger partial charge in [0.1, 0.15) is 0 Å². The van der Waals surface area contributed by atoms with Crippen LogP contribution in [0.15, 0.2) is 243 Å². The van der Waals surface area contributed by atoms with Gasteiger partial charge in [0, 0.05) is 33.4 Å². The molecule has 318 valence electrons. The molecule has 2 aromatic heterocycles. The third-order valence-electron chi connectivity index (χ3n) is 12.4. The van der Waals surface area contributed by atoms with Gasteiger partial charge in [0.05, 0.1) is 0 Å². The first kappa shape index (κ1) is 40.3. The highest BCUT2D eigenvalue weighted by Gasteiger charge is 2.19. The minimum atomic E-state index is 0.607. The van der Waals surface area contributed by atoms with Crippen molar-refractivity contribution in [2.24, 2.45) is 0 Å². The Bertz CT molecular complexity index is 3550. The highest BCUT2D eigenvalue weighted by molar-refractivity contribution is 5.97. The van der Waals surface area contributed by atoms with E-state index in [4.69, 9.17) is 29.9 Å². The molecule has 68 heavy (non-hydrogen) atoms. The maximum atomic E-state index is 5.17. The Labute approximate surface area is 394 Å². The summed E-state index contributed by atoms with van der Waals surface area (Å²) in [4.78, 5) is 30.7. The van der Waals surface area contributed by atoms with Crippen LogP contribution in [0.2, 0.25) is 0 Å². The molecule has 6 nitrogen and oxygen atoms in total. The molecule has 0 radical (unpaired) electrons. The first-order valence-corrected chi connectivity index (χ1v) is 22.7. The lowest BCUT2D eigenvalue weighted by Gasteiger charge is -2.16. The molecule has 0 aliphatic heterocycles. The Morgan fingerprint density at radius 2 is 0.456 bits per heavy atom. The van der Waals surface area contributed by atoms with Gasteiger partial charge in [-0.1, -0.05) is 231 Å². The topological polar surface area (TPSA) is 77.3 Å². The van der Waals surface area contributed by atoms with E-state index in [-0.39, 0.29) is 0 Å². The Kier molecular flexibility index (Phi) is 10.4. The summed E-state index contributed by atoms with van der Waals surface area (Å²) in [5, 5.41) is 4.45. The van der Waals surface area contributed by atoms with Crippen LogP contribution in [0.4, 0.5) is 0 Å².